The highest BCUT2D eigenvalue weighted by Crippen LogP contribution is 2.27. The van der Waals surface area contributed by atoms with Crippen molar-refractivity contribution < 1.29 is 4.92 Å². The van der Waals surface area contributed by atoms with Crippen molar-refractivity contribution in [3.63, 3.8) is 0 Å². The van der Waals surface area contributed by atoms with Gasteiger partial charge in [-0.1, -0.05) is 26.8 Å². The van der Waals surface area contributed by atoms with Crippen molar-refractivity contribution in [2.75, 3.05) is 5.73 Å². The molecule has 2 rings (SSSR count). The summed E-state index contributed by atoms with van der Waals surface area (Å²) in [5.41, 5.74) is 6.87. The molecule has 2 N–H and O–H groups in total. The molecule has 0 aliphatic carbocycles. The molecule has 0 saturated heterocycles. The average Bonchev–Trinajstić information content (AvgIpc) is 2.37. The molecule has 2 aromatic rings. The fraction of sp³-hybridized carbons (Fsp3) is 0.357. The van der Waals surface area contributed by atoms with Crippen LogP contribution < -0.4 is 5.73 Å². The van der Waals surface area contributed by atoms with Gasteiger partial charge in [0.2, 0.25) is 5.95 Å². The van der Waals surface area contributed by atoms with E-state index in [9.17, 15) is 10.1 Å². The van der Waals surface area contributed by atoms with E-state index in [-0.39, 0.29) is 17.1 Å². The van der Waals surface area contributed by atoms with Crippen LogP contribution in [0.15, 0.2) is 18.2 Å². The van der Waals surface area contributed by atoms with E-state index in [0.29, 0.717) is 17.2 Å². The molecule has 0 aliphatic rings. The monoisotopic (exact) mass is 287 g/mol. The molecule has 0 amide bonds. The number of hydrogen-bond acceptors (Lipinski definition) is 6. The number of nitrogens with zero attached hydrogens (tertiary/aromatic N) is 4. The molecular weight excluding hydrogens is 270 g/mol. The lowest BCUT2D eigenvalue weighted by molar-refractivity contribution is -0.384. The summed E-state index contributed by atoms with van der Waals surface area (Å²) >= 11 is 0. The van der Waals surface area contributed by atoms with E-state index in [1.54, 1.807) is 6.07 Å². The Morgan fingerprint density at radius 1 is 1.19 bits per heavy atom. The number of nitrogen functional groups attached to an aromatic ring is 1. The average molecular weight is 287 g/mol. The molecule has 0 aliphatic heterocycles. The summed E-state index contributed by atoms with van der Waals surface area (Å²) in [5, 5.41) is 10.9. The number of aryl methyl sites for hydroxylation is 1. The number of nitro groups is 1. The molecule has 0 saturated carbocycles. The smallest absolute Gasteiger partial charge is 0.270 e. The van der Waals surface area contributed by atoms with Gasteiger partial charge in [-0.05, 0) is 12.5 Å². The minimum Gasteiger partial charge on any atom is -0.368 e. The van der Waals surface area contributed by atoms with E-state index in [1.165, 1.54) is 12.1 Å². The van der Waals surface area contributed by atoms with Crippen molar-refractivity contribution in [3.05, 3.63) is 39.7 Å². The molecular formula is C14H17N5O2. The van der Waals surface area contributed by atoms with Gasteiger partial charge in [-0.3, -0.25) is 10.1 Å². The van der Waals surface area contributed by atoms with Crippen LogP contribution in [0, 0.1) is 17.0 Å². The minimum atomic E-state index is -0.446. The summed E-state index contributed by atoms with van der Waals surface area (Å²) < 4.78 is 0. The second-order valence-electron chi connectivity index (χ2n) is 5.85. The molecule has 7 heteroatoms. The summed E-state index contributed by atoms with van der Waals surface area (Å²) in [7, 11) is 0. The summed E-state index contributed by atoms with van der Waals surface area (Å²) in [6.45, 7) is 7.74. The van der Waals surface area contributed by atoms with Gasteiger partial charge in [-0.2, -0.15) is 9.97 Å². The first-order valence-corrected chi connectivity index (χ1v) is 6.46. The SMILES string of the molecule is Cc1ccc([N+](=O)[O-])cc1-c1nc(N)nc(C(C)(C)C)n1. The predicted molar refractivity (Wildman–Crippen MR) is 79.8 cm³/mol. The van der Waals surface area contributed by atoms with Gasteiger partial charge in [-0.15, -0.1) is 0 Å². The standard InChI is InChI=1S/C14H17N5O2/c1-8-5-6-9(19(20)21)7-10(8)11-16-12(14(2,3)4)18-13(15)17-11/h5-7H,1-4H3,(H2,15,16,17,18). The number of nitro benzene ring substituents is 1. The fourth-order valence-electron chi connectivity index (χ4n) is 1.81. The lowest BCUT2D eigenvalue weighted by Crippen LogP contribution is -2.18. The van der Waals surface area contributed by atoms with Crippen LogP contribution in [-0.4, -0.2) is 19.9 Å². The zero-order valence-electron chi connectivity index (χ0n) is 12.4. The van der Waals surface area contributed by atoms with Crippen LogP contribution in [0.2, 0.25) is 0 Å². The Hall–Kier alpha value is -2.57. The minimum absolute atomic E-state index is 0.00751. The third-order valence-corrected chi connectivity index (χ3v) is 3.00. The number of anilines is 1. The number of aromatic nitrogens is 3. The van der Waals surface area contributed by atoms with E-state index in [1.807, 2.05) is 27.7 Å². The second kappa shape index (κ2) is 5.08. The molecule has 0 atom stereocenters. The van der Waals surface area contributed by atoms with Crippen LogP contribution in [0.4, 0.5) is 11.6 Å². The maximum absolute atomic E-state index is 10.9. The molecule has 1 heterocycles. The summed E-state index contributed by atoms with van der Waals surface area (Å²) in [6, 6.07) is 4.58. The molecule has 7 nitrogen and oxygen atoms in total. The van der Waals surface area contributed by atoms with Crippen molar-refractivity contribution in [3.8, 4) is 11.4 Å². The van der Waals surface area contributed by atoms with Crippen molar-refractivity contribution in [1.29, 1.82) is 0 Å². The predicted octanol–water partition coefficient (Wildman–Crippen LogP) is 2.63. The number of rotatable bonds is 2. The molecule has 0 unspecified atom stereocenters. The van der Waals surface area contributed by atoms with Gasteiger partial charge in [0.05, 0.1) is 4.92 Å². The second-order valence-corrected chi connectivity index (χ2v) is 5.85. The molecule has 0 radical (unpaired) electrons. The molecule has 1 aromatic carbocycles. The van der Waals surface area contributed by atoms with Gasteiger partial charge in [0.25, 0.3) is 5.69 Å². The van der Waals surface area contributed by atoms with Gasteiger partial charge >= 0.3 is 0 Å². The van der Waals surface area contributed by atoms with Gasteiger partial charge in [-0.25, -0.2) is 4.98 Å². The topological polar surface area (TPSA) is 108 Å². The number of benzene rings is 1. The summed E-state index contributed by atoms with van der Waals surface area (Å²) in [4.78, 5) is 23.1. The lowest BCUT2D eigenvalue weighted by Gasteiger charge is -2.17. The Labute approximate surface area is 122 Å². The van der Waals surface area contributed by atoms with Crippen molar-refractivity contribution in [2.24, 2.45) is 0 Å². The van der Waals surface area contributed by atoms with E-state index in [4.69, 9.17) is 5.73 Å². The molecule has 1 aromatic heterocycles. The summed E-state index contributed by atoms with van der Waals surface area (Å²) in [6.07, 6.45) is 0. The molecule has 0 fully saturated rings. The van der Waals surface area contributed by atoms with E-state index >= 15 is 0 Å². The molecule has 0 bridgehead atoms. The van der Waals surface area contributed by atoms with Gasteiger partial charge in [0.1, 0.15) is 5.82 Å². The lowest BCUT2D eigenvalue weighted by atomic mass is 9.95. The quantitative estimate of drug-likeness (QED) is 0.672. The van der Waals surface area contributed by atoms with Gasteiger partial charge in [0.15, 0.2) is 5.82 Å². The van der Waals surface area contributed by atoms with E-state index < -0.39 is 4.92 Å². The first kappa shape index (κ1) is 14.8. The van der Waals surface area contributed by atoms with Crippen LogP contribution in [-0.2, 0) is 5.41 Å². The van der Waals surface area contributed by atoms with Crippen LogP contribution in [0.5, 0.6) is 0 Å². The maximum Gasteiger partial charge on any atom is 0.270 e. The Bertz CT molecular complexity index is 707. The molecule has 110 valence electrons. The maximum atomic E-state index is 10.9. The third kappa shape index (κ3) is 3.13. The highest BCUT2D eigenvalue weighted by Gasteiger charge is 2.21. The highest BCUT2D eigenvalue weighted by atomic mass is 16.6. The first-order valence-electron chi connectivity index (χ1n) is 6.46. The zero-order valence-corrected chi connectivity index (χ0v) is 12.4. The van der Waals surface area contributed by atoms with E-state index in [2.05, 4.69) is 15.0 Å². The Kier molecular flexibility index (Phi) is 3.59. The largest absolute Gasteiger partial charge is 0.368 e. The van der Waals surface area contributed by atoms with Crippen molar-refractivity contribution in [2.45, 2.75) is 33.1 Å². The third-order valence-electron chi connectivity index (χ3n) is 3.00. The Morgan fingerprint density at radius 3 is 2.43 bits per heavy atom. The normalized spacial score (nSPS) is 11.4. The van der Waals surface area contributed by atoms with Crippen LogP contribution in [0.3, 0.4) is 0 Å². The number of hydrogen-bond donors (Lipinski definition) is 1. The van der Waals surface area contributed by atoms with E-state index in [0.717, 1.165) is 5.56 Å². The van der Waals surface area contributed by atoms with Crippen LogP contribution in [0.25, 0.3) is 11.4 Å². The fourth-order valence-corrected chi connectivity index (χ4v) is 1.81. The number of nitrogens with two attached hydrogens (primary N) is 1. The zero-order chi connectivity index (χ0) is 15.8. The van der Waals surface area contributed by atoms with Crippen LogP contribution in [0.1, 0.15) is 32.2 Å². The molecule has 21 heavy (non-hydrogen) atoms. The summed E-state index contributed by atoms with van der Waals surface area (Å²) in [5.74, 6) is 1.01. The van der Waals surface area contributed by atoms with Crippen molar-refractivity contribution in [1.82, 2.24) is 15.0 Å². The van der Waals surface area contributed by atoms with Crippen LogP contribution >= 0.6 is 0 Å². The Balaban J connectivity index is 2.64. The van der Waals surface area contributed by atoms with Gasteiger partial charge < -0.3 is 5.73 Å². The van der Waals surface area contributed by atoms with Gasteiger partial charge in [0, 0.05) is 23.1 Å². The number of non-ortho nitro benzene ring substituents is 1. The van der Waals surface area contributed by atoms with Crippen molar-refractivity contribution >= 4 is 11.6 Å². The first-order chi connectivity index (χ1) is 9.68. The molecule has 0 spiro atoms. The highest BCUT2D eigenvalue weighted by molar-refractivity contribution is 5.64. The Morgan fingerprint density at radius 2 is 1.86 bits per heavy atom.